The number of hydrogen-bond donors (Lipinski definition) is 1. The molecule has 3 heterocycles. The number of carbonyl (C=O) groups is 1. The highest BCUT2D eigenvalue weighted by atomic mass is 79.9. The molecule has 0 radical (unpaired) electrons. The molecule has 0 bridgehead atoms. The minimum Gasteiger partial charge on any atom is -0.476 e. The number of ether oxygens (including phenoxy) is 1. The monoisotopic (exact) mass is 403 g/mol. The summed E-state index contributed by atoms with van der Waals surface area (Å²) in [5.41, 5.74) is 3.34. The van der Waals surface area contributed by atoms with Crippen LogP contribution in [0.3, 0.4) is 0 Å². The minimum absolute atomic E-state index is 0.0238. The van der Waals surface area contributed by atoms with Crippen molar-refractivity contribution in [3.05, 3.63) is 46.2 Å². The zero-order valence-corrected chi connectivity index (χ0v) is 14.9. The van der Waals surface area contributed by atoms with Crippen molar-refractivity contribution >= 4 is 21.9 Å². The zero-order valence-electron chi connectivity index (χ0n) is 13.3. The maximum absolute atomic E-state index is 11.5. The number of aromatic carboxylic acids is 1. The lowest BCUT2D eigenvalue weighted by atomic mass is 10.1. The normalized spacial score (nSPS) is 12.2. The molecule has 0 unspecified atom stereocenters. The number of imidazole rings is 1. The summed E-state index contributed by atoms with van der Waals surface area (Å²) < 4.78 is 9.61. The van der Waals surface area contributed by atoms with E-state index in [0.29, 0.717) is 18.1 Å². The third-order valence-electron chi connectivity index (χ3n) is 4.22. The summed E-state index contributed by atoms with van der Waals surface area (Å²) in [5.74, 6) is -0.371. The van der Waals surface area contributed by atoms with Gasteiger partial charge in [0.1, 0.15) is 12.7 Å². The predicted molar refractivity (Wildman–Crippen MR) is 91.9 cm³/mol. The van der Waals surface area contributed by atoms with Crippen molar-refractivity contribution in [1.82, 2.24) is 24.3 Å². The van der Waals surface area contributed by atoms with Crippen LogP contribution in [-0.2, 0) is 17.7 Å². The fraction of sp³-hybridized carbons (Fsp3) is 0.250. The van der Waals surface area contributed by atoms with Gasteiger partial charge >= 0.3 is 5.97 Å². The SMILES string of the molecule is COCCc1cc2c(cc1Br)-c1ncnn1Cc1c(C(=O)O)ncn1-2. The molecule has 1 aliphatic heterocycles. The quantitative estimate of drug-likeness (QED) is 0.560. The van der Waals surface area contributed by atoms with Crippen molar-refractivity contribution in [2.45, 2.75) is 13.0 Å². The summed E-state index contributed by atoms with van der Waals surface area (Å²) in [6.07, 6.45) is 3.74. The first-order valence-corrected chi connectivity index (χ1v) is 8.39. The van der Waals surface area contributed by atoms with Crippen LogP contribution in [0.5, 0.6) is 0 Å². The van der Waals surface area contributed by atoms with Gasteiger partial charge in [-0.3, -0.25) is 4.57 Å². The average molecular weight is 404 g/mol. The Labute approximate surface area is 151 Å². The Morgan fingerprint density at radius 3 is 3.00 bits per heavy atom. The Morgan fingerprint density at radius 2 is 2.24 bits per heavy atom. The first-order chi connectivity index (χ1) is 12.1. The van der Waals surface area contributed by atoms with Gasteiger partial charge in [-0.1, -0.05) is 15.9 Å². The van der Waals surface area contributed by atoms with E-state index in [4.69, 9.17) is 4.74 Å². The second-order valence-electron chi connectivity index (χ2n) is 5.66. The molecular formula is C16H14BrN5O3. The predicted octanol–water partition coefficient (Wildman–Crippen LogP) is 2.14. The molecule has 8 nitrogen and oxygen atoms in total. The lowest BCUT2D eigenvalue weighted by Crippen LogP contribution is -2.10. The molecule has 1 N–H and O–H groups in total. The lowest BCUT2D eigenvalue weighted by molar-refractivity contribution is 0.0689. The maximum Gasteiger partial charge on any atom is 0.356 e. The van der Waals surface area contributed by atoms with E-state index in [1.54, 1.807) is 16.4 Å². The van der Waals surface area contributed by atoms with Crippen LogP contribution in [-0.4, -0.2) is 49.1 Å². The highest BCUT2D eigenvalue weighted by Gasteiger charge is 2.26. The van der Waals surface area contributed by atoms with E-state index >= 15 is 0 Å². The van der Waals surface area contributed by atoms with E-state index in [1.165, 1.54) is 12.7 Å². The van der Waals surface area contributed by atoms with Crippen LogP contribution in [0.25, 0.3) is 17.1 Å². The summed E-state index contributed by atoms with van der Waals surface area (Å²) >= 11 is 3.61. The number of carboxylic acid groups (broad SMARTS) is 1. The third-order valence-corrected chi connectivity index (χ3v) is 4.96. The number of fused-ring (bicyclic) bond motifs is 5. The summed E-state index contributed by atoms with van der Waals surface area (Å²) in [4.78, 5) is 20.0. The van der Waals surface area contributed by atoms with Gasteiger partial charge in [-0.15, -0.1) is 0 Å². The molecule has 0 spiro atoms. The molecule has 1 aliphatic rings. The molecule has 0 saturated carbocycles. The Bertz CT molecular complexity index is 978. The number of aromatic nitrogens is 5. The molecule has 0 amide bonds. The third kappa shape index (κ3) is 2.56. The van der Waals surface area contributed by atoms with Gasteiger partial charge in [0.15, 0.2) is 11.5 Å². The summed E-state index contributed by atoms with van der Waals surface area (Å²) in [5, 5.41) is 13.7. The number of benzene rings is 1. The van der Waals surface area contributed by atoms with E-state index in [9.17, 15) is 9.90 Å². The number of rotatable bonds is 4. The van der Waals surface area contributed by atoms with Crippen molar-refractivity contribution in [2.24, 2.45) is 0 Å². The summed E-state index contributed by atoms with van der Waals surface area (Å²) in [7, 11) is 1.66. The Balaban J connectivity index is 1.98. The molecule has 0 saturated heterocycles. The zero-order chi connectivity index (χ0) is 17.6. The highest BCUT2D eigenvalue weighted by molar-refractivity contribution is 9.10. The molecule has 2 aromatic heterocycles. The summed E-state index contributed by atoms with van der Waals surface area (Å²) in [6, 6.07) is 4.00. The van der Waals surface area contributed by atoms with Crippen LogP contribution in [0, 0.1) is 0 Å². The molecule has 1 aromatic carbocycles. The molecule has 25 heavy (non-hydrogen) atoms. The molecular weight excluding hydrogens is 390 g/mol. The van der Waals surface area contributed by atoms with Crippen molar-refractivity contribution < 1.29 is 14.6 Å². The number of carboxylic acids is 1. The van der Waals surface area contributed by atoms with Gasteiger partial charge < -0.3 is 9.84 Å². The first-order valence-electron chi connectivity index (χ1n) is 7.59. The average Bonchev–Trinajstić information content (AvgIpc) is 3.19. The van der Waals surface area contributed by atoms with Gasteiger partial charge in [-0.2, -0.15) is 5.10 Å². The van der Waals surface area contributed by atoms with Crippen LogP contribution in [0.15, 0.2) is 29.3 Å². The van der Waals surface area contributed by atoms with Crippen molar-refractivity contribution in [3.63, 3.8) is 0 Å². The van der Waals surface area contributed by atoms with Gasteiger partial charge in [0.25, 0.3) is 0 Å². The summed E-state index contributed by atoms with van der Waals surface area (Å²) in [6.45, 7) is 0.876. The Hall–Kier alpha value is -2.52. The molecule has 0 fully saturated rings. The number of methoxy groups -OCH3 is 1. The Kier molecular flexibility index (Phi) is 3.89. The smallest absolute Gasteiger partial charge is 0.356 e. The van der Waals surface area contributed by atoms with E-state index in [2.05, 4.69) is 31.0 Å². The van der Waals surface area contributed by atoms with Crippen LogP contribution in [0.4, 0.5) is 0 Å². The highest BCUT2D eigenvalue weighted by Crippen LogP contribution is 2.35. The van der Waals surface area contributed by atoms with Crippen molar-refractivity contribution in [2.75, 3.05) is 13.7 Å². The molecule has 0 aliphatic carbocycles. The standard InChI is InChI=1S/C16H14BrN5O3/c1-25-3-2-9-4-12-10(5-11(9)17)15-18-7-20-22(15)6-13-14(16(23)24)19-8-21(12)13/h4-5,7-8H,2-3,6H2,1H3,(H,23,24). The molecule has 128 valence electrons. The van der Waals surface area contributed by atoms with Gasteiger partial charge in [0.2, 0.25) is 0 Å². The second-order valence-corrected chi connectivity index (χ2v) is 6.51. The van der Waals surface area contributed by atoms with Crippen LogP contribution >= 0.6 is 15.9 Å². The van der Waals surface area contributed by atoms with E-state index < -0.39 is 5.97 Å². The van der Waals surface area contributed by atoms with Gasteiger partial charge in [-0.25, -0.2) is 19.4 Å². The number of nitrogens with zero attached hydrogens (tertiary/aromatic N) is 5. The maximum atomic E-state index is 11.5. The topological polar surface area (TPSA) is 95.1 Å². The lowest BCUT2D eigenvalue weighted by Gasteiger charge is -2.13. The van der Waals surface area contributed by atoms with Crippen molar-refractivity contribution in [3.8, 4) is 17.1 Å². The first kappa shape index (κ1) is 16.0. The number of halogens is 1. The second kappa shape index (κ2) is 6.08. The molecule has 0 atom stereocenters. The van der Waals surface area contributed by atoms with E-state index in [1.807, 2.05) is 12.1 Å². The fourth-order valence-electron chi connectivity index (χ4n) is 3.03. The minimum atomic E-state index is -1.06. The van der Waals surface area contributed by atoms with Gasteiger partial charge in [-0.05, 0) is 24.1 Å². The van der Waals surface area contributed by atoms with Gasteiger partial charge in [0, 0.05) is 17.1 Å². The van der Waals surface area contributed by atoms with Crippen LogP contribution in [0.1, 0.15) is 21.7 Å². The van der Waals surface area contributed by atoms with Crippen LogP contribution in [0.2, 0.25) is 0 Å². The van der Waals surface area contributed by atoms with E-state index in [0.717, 1.165) is 27.7 Å². The molecule has 4 rings (SSSR count). The van der Waals surface area contributed by atoms with Gasteiger partial charge in [0.05, 0.1) is 24.5 Å². The van der Waals surface area contributed by atoms with Crippen molar-refractivity contribution in [1.29, 1.82) is 0 Å². The largest absolute Gasteiger partial charge is 0.476 e. The molecule has 3 aromatic rings. The van der Waals surface area contributed by atoms with E-state index in [-0.39, 0.29) is 12.2 Å². The Morgan fingerprint density at radius 1 is 1.40 bits per heavy atom. The van der Waals surface area contributed by atoms with Crippen LogP contribution < -0.4 is 0 Å². The fourth-order valence-corrected chi connectivity index (χ4v) is 3.57. The number of hydrogen-bond acceptors (Lipinski definition) is 5. The molecule has 9 heteroatoms.